The Hall–Kier alpha value is -2.85. The van der Waals surface area contributed by atoms with Gasteiger partial charge in [0, 0.05) is 0 Å². The Kier molecular flexibility index (Phi) is 4.26. The molecule has 1 nitrogen and oxygen atoms in total. The first-order chi connectivity index (χ1) is 11.2. The van der Waals surface area contributed by atoms with Crippen molar-refractivity contribution in [2.45, 2.75) is 18.8 Å². The first-order valence-electron chi connectivity index (χ1n) is 7.82. The zero-order valence-corrected chi connectivity index (χ0v) is 13.2. The predicted molar refractivity (Wildman–Crippen MR) is 94.2 cm³/mol. The van der Waals surface area contributed by atoms with E-state index in [-0.39, 0.29) is 0 Å². The molecule has 1 heteroatoms. The number of nitriles is 1. The summed E-state index contributed by atoms with van der Waals surface area (Å²) in [6.07, 6.45) is 0.666. The van der Waals surface area contributed by atoms with Crippen molar-refractivity contribution in [3.63, 3.8) is 0 Å². The summed E-state index contributed by atoms with van der Waals surface area (Å²) in [6, 6.07) is 31.2. The molecule has 0 saturated carbocycles. The molecular weight excluding hydrogens is 278 g/mol. The van der Waals surface area contributed by atoms with Crippen molar-refractivity contribution >= 4 is 0 Å². The maximum Gasteiger partial charge on any atom is 0.111 e. The Morgan fingerprint density at radius 1 is 0.783 bits per heavy atom. The zero-order chi connectivity index (χ0) is 16.1. The van der Waals surface area contributed by atoms with Crippen LogP contribution in [-0.4, -0.2) is 0 Å². The van der Waals surface area contributed by atoms with Crippen LogP contribution in [0.25, 0.3) is 0 Å². The number of hydrogen-bond acceptors (Lipinski definition) is 1. The van der Waals surface area contributed by atoms with Gasteiger partial charge in [0.05, 0.1) is 6.07 Å². The molecule has 0 saturated heterocycles. The number of rotatable bonds is 4. The van der Waals surface area contributed by atoms with Crippen LogP contribution < -0.4 is 0 Å². The van der Waals surface area contributed by atoms with Crippen LogP contribution in [0, 0.1) is 18.3 Å². The van der Waals surface area contributed by atoms with Gasteiger partial charge in [-0.2, -0.15) is 5.26 Å². The largest absolute Gasteiger partial charge is 0.197 e. The van der Waals surface area contributed by atoms with Crippen molar-refractivity contribution in [1.29, 1.82) is 5.26 Å². The first-order valence-corrected chi connectivity index (χ1v) is 7.82. The van der Waals surface area contributed by atoms with Gasteiger partial charge < -0.3 is 0 Å². The van der Waals surface area contributed by atoms with Crippen molar-refractivity contribution in [2.24, 2.45) is 0 Å². The van der Waals surface area contributed by atoms with E-state index in [9.17, 15) is 5.26 Å². The lowest BCUT2D eigenvalue weighted by Crippen LogP contribution is -2.28. The first kappa shape index (κ1) is 15.1. The van der Waals surface area contributed by atoms with Crippen LogP contribution in [0.4, 0.5) is 0 Å². The van der Waals surface area contributed by atoms with Gasteiger partial charge in [0.1, 0.15) is 5.41 Å². The van der Waals surface area contributed by atoms with Gasteiger partial charge in [-0.15, -0.1) is 0 Å². The fourth-order valence-corrected chi connectivity index (χ4v) is 3.11. The van der Waals surface area contributed by atoms with Gasteiger partial charge in [0.15, 0.2) is 0 Å². The van der Waals surface area contributed by atoms with Crippen molar-refractivity contribution < 1.29 is 0 Å². The summed E-state index contributed by atoms with van der Waals surface area (Å²) < 4.78 is 0. The summed E-state index contributed by atoms with van der Waals surface area (Å²) in [6.45, 7) is 2.09. The summed E-state index contributed by atoms with van der Waals surface area (Å²) >= 11 is 0. The number of hydrogen-bond donors (Lipinski definition) is 0. The lowest BCUT2D eigenvalue weighted by atomic mass is 9.71. The molecule has 0 bridgehead atoms. The summed E-state index contributed by atoms with van der Waals surface area (Å²) in [7, 11) is 0. The molecule has 0 fully saturated rings. The van der Waals surface area contributed by atoms with E-state index in [0.29, 0.717) is 6.42 Å². The Balaban J connectivity index is 2.16. The maximum atomic E-state index is 10.2. The summed E-state index contributed by atoms with van der Waals surface area (Å²) in [5, 5.41) is 10.2. The third-order valence-corrected chi connectivity index (χ3v) is 4.28. The lowest BCUT2D eigenvalue weighted by molar-refractivity contribution is 0.653. The molecule has 0 N–H and O–H groups in total. The van der Waals surface area contributed by atoms with Crippen molar-refractivity contribution in [1.82, 2.24) is 0 Å². The standard InChI is InChI=1S/C22H19N/c1-18-9-8-10-19(15-18)16-22(17-23,20-11-4-2-5-12-20)21-13-6-3-7-14-21/h2-15H,16H2,1H3. The van der Waals surface area contributed by atoms with Crippen molar-refractivity contribution in [2.75, 3.05) is 0 Å². The predicted octanol–water partition coefficient (Wildman–Crippen LogP) is 5.05. The third kappa shape index (κ3) is 3.03. The van der Waals surface area contributed by atoms with Gasteiger partial charge in [-0.05, 0) is 30.0 Å². The molecule has 0 aromatic heterocycles. The van der Waals surface area contributed by atoms with Crippen molar-refractivity contribution in [3.05, 3.63) is 107 Å². The second-order valence-electron chi connectivity index (χ2n) is 5.92. The highest BCUT2D eigenvalue weighted by Crippen LogP contribution is 2.35. The van der Waals surface area contributed by atoms with E-state index in [1.807, 2.05) is 60.7 Å². The average molecular weight is 297 g/mol. The maximum absolute atomic E-state index is 10.2. The fraction of sp³-hybridized carbons (Fsp3) is 0.136. The number of nitrogens with zero attached hydrogens (tertiary/aromatic N) is 1. The smallest absolute Gasteiger partial charge is 0.111 e. The highest BCUT2D eigenvalue weighted by molar-refractivity contribution is 5.48. The van der Waals surface area contributed by atoms with E-state index in [2.05, 4.69) is 37.3 Å². The molecule has 23 heavy (non-hydrogen) atoms. The summed E-state index contributed by atoms with van der Waals surface area (Å²) in [4.78, 5) is 0. The second kappa shape index (κ2) is 6.50. The van der Waals surface area contributed by atoms with Crippen LogP contribution in [0.3, 0.4) is 0 Å². The molecule has 0 aliphatic carbocycles. The monoisotopic (exact) mass is 297 g/mol. The van der Waals surface area contributed by atoms with E-state index in [1.165, 1.54) is 11.1 Å². The molecular formula is C22H19N. The molecule has 0 aliphatic rings. The van der Waals surface area contributed by atoms with Gasteiger partial charge in [0.25, 0.3) is 0 Å². The zero-order valence-electron chi connectivity index (χ0n) is 13.2. The van der Waals surface area contributed by atoms with Gasteiger partial charge in [-0.3, -0.25) is 0 Å². The molecule has 3 aromatic carbocycles. The minimum atomic E-state index is -0.670. The minimum Gasteiger partial charge on any atom is -0.197 e. The normalized spacial score (nSPS) is 11.0. The SMILES string of the molecule is Cc1cccc(CC(C#N)(c2ccccc2)c2ccccc2)c1. The number of benzene rings is 3. The molecule has 3 rings (SSSR count). The van der Waals surface area contributed by atoms with Crippen molar-refractivity contribution in [3.8, 4) is 6.07 Å². The highest BCUT2D eigenvalue weighted by Gasteiger charge is 2.34. The van der Waals surface area contributed by atoms with Crippen LogP contribution in [0.1, 0.15) is 22.3 Å². The van der Waals surface area contributed by atoms with E-state index < -0.39 is 5.41 Å². The topological polar surface area (TPSA) is 23.8 Å². The molecule has 0 aliphatic heterocycles. The molecule has 0 unspecified atom stereocenters. The lowest BCUT2D eigenvalue weighted by Gasteiger charge is -2.28. The van der Waals surface area contributed by atoms with Gasteiger partial charge in [-0.25, -0.2) is 0 Å². The minimum absolute atomic E-state index is 0.666. The van der Waals surface area contributed by atoms with E-state index in [0.717, 1.165) is 11.1 Å². The second-order valence-corrected chi connectivity index (χ2v) is 5.92. The third-order valence-electron chi connectivity index (χ3n) is 4.28. The van der Waals surface area contributed by atoms with Crippen LogP contribution in [0.15, 0.2) is 84.9 Å². The van der Waals surface area contributed by atoms with E-state index in [4.69, 9.17) is 0 Å². The average Bonchev–Trinajstić information content (AvgIpc) is 2.61. The fourth-order valence-electron chi connectivity index (χ4n) is 3.11. The Morgan fingerprint density at radius 3 is 1.83 bits per heavy atom. The van der Waals surface area contributed by atoms with E-state index >= 15 is 0 Å². The quantitative estimate of drug-likeness (QED) is 0.661. The van der Waals surface area contributed by atoms with Gasteiger partial charge >= 0.3 is 0 Å². The van der Waals surface area contributed by atoms with Crippen LogP contribution >= 0.6 is 0 Å². The molecule has 0 amide bonds. The molecule has 0 atom stereocenters. The Bertz CT molecular complexity index is 774. The highest BCUT2D eigenvalue weighted by atomic mass is 14.4. The molecule has 0 radical (unpaired) electrons. The van der Waals surface area contributed by atoms with E-state index in [1.54, 1.807) is 0 Å². The van der Waals surface area contributed by atoms with Gasteiger partial charge in [-0.1, -0.05) is 90.5 Å². The Labute approximate surface area is 137 Å². The molecule has 3 aromatic rings. The Morgan fingerprint density at radius 2 is 1.35 bits per heavy atom. The van der Waals surface area contributed by atoms with Gasteiger partial charge in [0.2, 0.25) is 0 Å². The van der Waals surface area contributed by atoms with Crippen LogP contribution in [-0.2, 0) is 11.8 Å². The summed E-state index contributed by atoms with van der Waals surface area (Å²) in [5.74, 6) is 0. The van der Waals surface area contributed by atoms with Crippen LogP contribution in [0.2, 0.25) is 0 Å². The summed E-state index contributed by atoms with van der Waals surface area (Å²) in [5.41, 5.74) is 3.80. The molecule has 0 spiro atoms. The molecule has 0 heterocycles. The number of aryl methyl sites for hydroxylation is 1. The molecule has 112 valence electrons. The van der Waals surface area contributed by atoms with Crippen LogP contribution in [0.5, 0.6) is 0 Å².